The highest BCUT2D eigenvalue weighted by atomic mass is 35.5. The Morgan fingerprint density at radius 2 is 2.24 bits per heavy atom. The minimum Gasteiger partial charge on any atom is -0.397 e. The normalized spacial score (nSPS) is 15.8. The number of halogens is 1. The molecule has 0 saturated carbocycles. The number of hydrogen-bond donors (Lipinski definition) is 1. The molecule has 0 radical (unpaired) electrons. The third kappa shape index (κ3) is 1.87. The zero-order chi connectivity index (χ0) is 11.8. The summed E-state index contributed by atoms with van der Waals surface area (Å²) in [5.41, 5.74) is 8.01. The van der Waals surface area contributed by atoms with Crippen LogP contribution in [-0.2, 0) is 4.74 Å². The summed E-state index contributed by atoms with van der Waals surface area (Å²) in [5, 5.41) is 4.71. The Morgan fingerprint density at radius 3 is 2.94 bits per heavy atom. The molecule has 0 atom stereocenters. The smallest absolute Gasteiger partial charge is 0.129 e. The molecule has 0 bridgehead atoms. The number of rotatable bonds is 2. The lowest BCUT2D eigenvalue weighted by atomic mass is 10.2. The molecule has 1 fully saturated rings. The van der Waals surface area contributed by atoms with E-state index < -0.39 is 0 Å². The van der Waals surface area contributed by atoms with Crippen LogP contribution in [0.2, 0.25) is 5.15 Å². The average molecular weight is 251 g/mol. The molecule has 17 heavy (non-hydrogen) atoms. The van der Waals surface area contributed by atoms with Crippen LogP contribution in [0.15, 0.2) is 24.5 Å². The fourth-order valence-electron chi connectivity index (χ4n) is 1.71. The molecule has 0 spiro atoms. The number of ether oxygens (including phenoxy) is 1. The van der Waals surface area contributed by atoms with Crippen molar-refractivity contribution in [3.63, 3.8) is 0 Å². The van der Waals surface area contributed by atoms with Crippen LogP contribution in [0.3, 0.4) is 0 Å². The van der Waals surface area contributed by atoms with E-state index in [1.807, 2.05) is 10.9 Å². The molecule has 1 aliphatic heterocycles. The first kappa shape index (κ1) is 10.6. The highest BCUT2D eigenvalue weighted by Gasteiger charge is 2.21. The van der Waals surface area contributed by atoms with Crippen LogP contribution in [0, 0.1) is 0 Å². The topological polar surface area (TPSA) is 66.0 Å². The van der Waals surface area contributed by atoms with Gasteiger partial charge in [0, 0.05) is 11.8 Å². The highest BCUT2D eigenvalue weighted by molar-refractivity contribution is 6.29. The predicted octanol–water partition coefficient (Wildman–Crippen LogP) is 1.75. The van der Waals surface area contributed by atoms with Gasteiger partial charge in [0.15, 0.2) is 0 Å². The summed E-state index contributed by atoms with van der Waals surface area (Å²) in [7, 11) is 0. The van der Waals surface area contributed by atoms with Crippen LogP contribution < -0.4 is 5.73 Å². The zero-order valence-corrected chi connectivity index (χ0v) is 9.76. The molecule has 5 nitrogen and oxygen atoms in total. The molecular weight excluding hydrogens is 240 g/mol. The van der Waals surface area contributed by atoms with Crippen molar-refractivity contribution in [1.82, 2.24) is 14.8 Å². The van der Waals surface area contributed by atoms with Crippen LogP contribution >= 0.6 is 11.6 Å². The number of hydrogen-bond acceptors (Lipinski definition) is 4. The van der Waals surface area contributed by atoms with Crippen LogP contribution in [-0.4, -0.2) is 28.0 Å². The van der Waals surface area contributed by atoms with E-state index in [1.54, 1.807) is 18.3 Å². The second-order valence-electron chi connectivity index (χ2n) is 3.97. The largest absolute Gasteiger partial charge is 0.397 e. The Balaban J connectivity index is 1.97. The summed E-state index contributed by atoms with van der Waals surface area (Å²) in [5.74, 6) is 0. The van der Waals surface area contributed by atoms with Crippen LogP contribution in [0.25, 0.3) is 11.3 Å². The molecule has 3 rings (SSSR count). The van der Waals surface area contributed by atoms with Gasteiger partial charge in [0.25, 0.3) is 0 Å². The number of nitrogen functional groups attached to an aromatic ring is 1. The first-order valence-electron chi connectivity index (χ1n) is 5.28. The van der Waals surface area contributed by atoms with Crippen molar-refractivity contribution in [1.29, 1.82) is 0 Å². The molecule has 0 aromatic carbocycles. The fraction of sp³-hybridized carbons (Fsp3) is 0.273. The van der Waals surface area contributed by atoms with Crippen LogP contribution in [0.1, 0.15) is 6.04 Å². The van der Waals surface area contributed by atoms with E-state index in [0.29, 0.717) is 35.8 Å². The molecule has 0 aliphatic carbocycles. The van der Waals surface area contributed by atoms with Crippen molar-refractivity contribution in [2.45, 2.75) is 6.04 Å². The minimum absolute atomic E-state index is 0.323. The summed E-state index contributed by atoms with van der Waals surface area (Å²) in [4.78, 5) is 4.22. The van der Waals surface area contributed by atoms with E-state index in [-0.39, 0.29) is 0 Å². The number of anilines is 1. The second-order valence-corrected chi connectivity index (χ2v) is 4.36. The SMILES string of the molecule is Nc1ccc(Cl)nc1-c1cnn(C2COC2)c1. The summed E-state index contributed by atoms with van der Waals surface area (Å²) < 4.78 is 7.00. The van der Waals surface area contributed by atoms with Crippen LogP contribution in [0.4, 0.5) is 5.69 Å². The van der Waals surface area contributed by atoms with Gasteiger partial charge in [-0.2, -0.15) is 5.10 Å². The Bertz CT molecular complexity index is 550. The number of nitrogens with zero attached hydrogens (tertiary/aromatic N) is 3. The van der Waals surface area contributed by atoms with Crippen molar-refractivity contribution in [2.75, 3.05) is 18.9 Å². The molecule has 1 saturated heterocycles. The molecule has 2 N–H and O–H groups in total. The first-order valence-corrected chi connectivity index (χ1v) is 5.66. The lowest BCUT2D eigenvalue weighted by Crippen LogP contribution is -2.30. The van der Waals surface area contributed by atoms with Gasteiger partial charge in [-0.15, -0.1) is 0 Å². The van der Waals surface area contributed by atoms with E-state index in [1.165, 1.54) is 0 Å². The maximum absolute atomic E-state index is 5.87. The van der Waals surface area contributed by atoms with Crippen molar-refractivity contribution < 1.29 is 4.74 Å². The van der Waals surface area contributed by atoms with Gasteiger partial charge in [-0.25, -0.2) is 4.98 Å². The molecule has 1 aliphatic rings. The average Bonchev–Trinajstić information content (AvgIpc) is 2.68. The van der Waals surface area contributed by atoms with Gasteiger partial charge in [-0.1, -0.05) is 11.6 Å². The number of nitrogens with two attached hydrogens (primary N) is 1. The third-order valence-corrected chi connectivity index (χ3v) is 2.97. The molecule has 2 aromatic heterocycles. The molecular formula is C11H11ClN4O. The molecule has 0 unspecified atom stereocenters. The molecule has 3 heterocycles. The summed E-state index contributed by atoms with van der Waals surface area (Å²) in [6, 6.07) is 3.74. The quantitative estimate of drug-likeness (QED) is 0.825. The lowest BCUT2D eigenvalue weighted by Gasteiger charge is -2.25. The molecule has 88 valence electrons. The van der Waals surface area contributed by atoms with Crippen LogP contribution in [0.5, 0.6) is 0 Å². The first-order chi connectivity index (χ1) is 8.24. The molecule has 0 amide bonds. The Labute approximate surface area is 103 Å². The minimum atomic E-state index is 0.323. The van der Waals surface area contributed by atoms with E-state index in [0.717, 1.165) is 5.56 Å². The summed E-state index contributed by atoms with van der Waals surface area (Å²) >= 11 is 5.86. The third-order valence-electron chi connectivity index (χ3n) is 2.76. The zero-order valence-electron chi connectivity index (χ0n) is 9.01. The lowest BCUT2D eigenvalue weighted by molar-refractivity contribution is -0.0286. The van der Waals surface area contributed by atoms with E-state index in [2.05, 4.69) is 10.1 Å². The van der Waals surface area contributed by atoms with Gasteiger partial charge >= 0.3 is 0 Å². The van der Waals surface area contributed by atoms with Gasteiger partial charge in [0.05, 0.1) is 36.8 Å². The van der Waals surface area contributed by atoms with Crippen molar-refractivity contribution in [3.05, 3.63) is 29.7 Å². The monoisotopic (exact) mass is 250 g/mol. The van der Waals surface area contributed by atoms with Gasteiger partial charge < -0.3 is 10.5 Å². The van der Waals surface area contributed by atoms with Crippen molar-refractivity contribution in [2.24, 2.45) is 0 Å². The molecule has 2 aromatic rings. The fourth-order valence-corrected chi connectivity index (χ4v) is 1.86. The van der Waals surface area contributed by atoms with Gasteiger partial charge in [0.2, 0.25) is 0 Å². The highest BCUT2D eigenvalue weighted by Crippen LogP contribution is 2.26. The van der Waals surface area contributed by atoms with E-state index in [9.17, 15) is 0 Å². The number of pyridine rings is 1. The summed E-state index contributed by atoms with van der Waals surface area (Å²) in [6.45, 7) is 1.42. The van der Waals surface area contributed by atoms with E-state index >= 15 is 0 Å². The van der Waals surface area contributed by atoms with Gasteiger partial charge in [-0.3, -0.25) is 4.68 Å². The van der Waals surface area contributed by atoms with Crippen molar-refractivity contribution >= 4 is 17.3 Å². The molecule has 6 heteroatoms. The second kappa shape index (κ2) is 4.01. The maximum atomic E-state index is 5.87. The Morgan fingerprint density at radius 1 is 1.41 bits per heavy atom. The predicted molar refractivity (Wildman–Crippen MR) is 64.7 cm³/mol. The van der Waals surface area contributed by atoms with E-state index in [4.69, 9.17) is 22.1 Å². The Hall–Kier alpha value is -1.59. The number of aromatic nitrogens is 3. The van der Waals surface area contributed by atoms with Gasteiger partial charge in [0.1, 0.15) is 5.15 Å². The van der Waals surface area contributed by atoms with Gasteiger partial charge in [-0.05, 0) is 12.1 Å². The maximum Gasteiger partial charge on any atom is 0.129 e. The standard InChI is InChI=1S/C11H11ClN4O/c12-10-2-1-9(13)11(15-10)7-3-14-16(4-7)8-5-17-6-8/h1-4,8H,5-6,13H2. The van der Waals surface area contributed by atoms with Crippen molar-refractivity contribution in [3.8, 4) is 11.3 Å². The summed E-state index contributed by atoms with van der Waals surface area (Å²) in [6.07, 6.45) is 3.66. The Kier molecular flexibility index (Phi) is 2.49.